The van der Waals surface area contributed by atoms with Crippen molar-refractivity contribution < 1.29 is 30.8 Å². The second-order valence-electron chi connectivity index (χ2n) is 12.1. The van der Waals surface area contributed by atoms with Crippen molar-refractivity contribution in [3.63, 3.8) is 0 Å². The third-order valence-corrected chi connectivity index (χ3v) is 8.27. The van der Waals surface area contributed by atoms with Crippen LogP contribution in [0, 0.1) is 0 Å². The Morgan fingerprint density at radius 2 is 1.63 bits per heavy atom. The van der Waals surface area contributed by atoms with Gasteiger partial charge in [-0.25, -0.2) is 0 Å². The van der Waals surface area contributed by atoms with Crippen molar-refractivity contribution in [2.45, 2.75) is 50.0 Å². The van der Waals surface area contributed by atoms with Crippen LogP contribution >= 0.6 is 0 Å². The Kier molecular flexibility index (Phi) is 13.5. The lowest BCUT2D eigenvalue weighted by atomic mass is 9.95. The highest BCUT2D eigenvalue weighted by Gasteiger charge is 2.34. The van der Waals surface area contributed by atoms with Gasteiger partial charge in [-0.3, -0.25) is 24.1 Å². The van der Waals surface area contributed by atoms with Gasteiger partial charge in [-0.1, -0.05) is 84.9 Å². The van der Waals surface area contributed by atoms with Crippen LogP contribution in [0.15, 0.2) is 91.0 Å². The van der Waals surface area contributed by atoms with E-state index in [0.29, 0.717) is 25.2 Å². The highest BCUT2D eigenvalue weighted by atomic mass is 16.3. The molecule has 0 saturated carbocycles. The zero-order chi connectivity index (χ0) is 35.9. The largest absolute Gasteiger partial charge is 0.508 e. The summed E-state index contributed by atoms with van der Waals surface area (Å²) in [7, 11) is 0. The minimum atomic E-state index is -1.42. The molecule has 0 bridgehead atoms. The molecule has 12 nitrogen and oxygen atoms in total. The molecular weight excluding hydrogens is 624 g/mol. The number of rotatable bonds is 17. The number of hydrogen-bond donors (Lipinski definition) is 7. The Morgan fingerprint density at radius 1 is 0.959 bits per heavy atom. The minimum absolute atomic E-state index is 0.0548. The lowest BCUT2D eigenvalue weighted by molar-refractivity contribution is -0.134. The van der Waals surface area contributed by atoms with Crippen molar-refractivity contribution in [2.24, 2.45) is 5.73 Å². The number of carbonyl (C=O) groups excluding carboxylic acids is 4. The fourth-order valence-corrected chi connectivity index (χ4v) is 5.58. The third kappa shape index (κ3) is 11.6. The number of amides is 3. The number of nitrogens with one attached hydrogen (secondary N) is 4. The molecule has 8 N–H and O–H groups in total. The zero-order valence-electron chi connectivity index (χ0n) is 28.5. The van der Waals surface area contributed by atoms with Gasteiger partial charge < -0.3 is 37.2 Å². The van der Waals surface area contributed by atoms with Crippen LogP contribution in [0.5, 0.6) is 5.75 Å². The minimum Gasteiger partial charge on any atom is -0.508 e. The van der Waals surface area contributed by atoms with Gasteiger partial charge in [0.1, 0.15) is 13.2 Å². The maximum Gasteiger partial charge on any atom is 0.245 e. The smallest absolute Gasteiger partial charge is 0.245 e. The summed E-state index contributed by atoms with van der Waals surface area (Å²) in [6.45, 7) is 3.16. The van der Waals surface area contributed by atoms with Crippen LogP contribution in [0.1, 0.15) is 23.6 Å². The maximum absolute atomic E-state index is 14.1. The Labute approximate surface area is 288 Å². The molecule has 3 aromatic carbocycles. The predicted molar refractivity (Wildman–Crippen MR) is 187 cm³/mol. The van der Waals surface area contributed by atoms with E-state index >= 15 is 0 Å². The number of nitrogens with zero attached hydrogens (tertiary/aromatic N) is 1. The van der Waals surface area contributed by atoms with Crippen molar-refractivity contribution in [1.29, 1.82) is 0 Å². The van der Waals surface area contributed by atoms with Crippen molar-refractivity contribution in [2.75, 3.05) is 32.7 Å². The van der Waals surface area contributed by atoms with Crippen molar-refractivity contribution in [1.82, 2.24) is 26.2 Å². The molecule has 260 valence electrons. The average molecular weight is 672 g/mol. The van der Waals surface area contributed by atoms with E-state index in [2.05, 4.69) is 31.9 Å². The van der Waals surface area contributed by atoms with Crippen LogP contribution in [-0.4, -0.2) is 102 Å². The molecule has 3 aromatic rings. The molecule has 49 heavy (non-hydrogen) atoms. The summed E-state index contributed by atoms with van der Waals surface area (Å²) in [5, 5.41) is 30.8. The molecule has 12 heteroatoms. The highest BCUT2D eigenvalue weighted by Crippen LogP contribution is 2.13. The van der Waals surface area contributed by atoms with E-state index in [9.17, 15) is 29.4 Å². The molecule has 0 radical (unpaired) electrons. The molecule has 1 unspecified atom stereocenters. The molecule has 1 saturated heterocycles. The van der Waals surface area contributed by atoms with Crippen molar-refractivity contribution in [3.05, 3.63) is 108 Å². The monoisotopic (exact) mass is 671 g/mol. The average Bonchev–Trinajstić information content (AvgIpc) is 3.13. The topological polar surface area (TPSA) is 186 Å². The lowest BCUT2D eigenvalue weighted by Crippen LogP contribution is -2.60. The van der Waals surface area contributed by atoms with Gasteiger partial charge in [0.15, 0.2) is 5.78 Å². The zero-order valence-corrected chi connectivity index (χ0v) is 27.5. The Morgan fingerprint density at radius 3 is 2.31 bits per heavy atom. The fraction of sp³-hybridized carbons (Fsp3) is 0.351. The summed E-state index contributed by atoms with van der Waals surface area (Å²) in [5.74, 6) is -2.24. The number of hydrogen-bond acceptors (Lipinski definition) is 9. The number of nitrogens with two attached hydrogens (primary N) is 1. The molecule has 1 aliphatic rings. The summed E-state index contributed by atoms with van der Waals surface area (Å²) in [4.78, 5) is 55.4. The molecule has 5 atom stereocenters. The molecule has 1 heterocycles. The van der Waals surface area contributed by atoms with Gasteiger partial charge in [0.05, 0.1) is 30.8 Å². The first-order valence-corrected chi connectivity index (χ1v) is 16.4. The van der Waals surface area contributed by atoms with E-state index in [0.717, 1.165) is 17.7 Å². The summed E-state index contributed by atoms with van der Waals surface area (Å²) in [6.07, 6.45) is 3.04. The Balaban J connectivity index is 1.38. The van der Waals surface area contributed by atoms with Crippen LogP contribution in [0.2, 0.25) is 1.41 Å². The maximum atomic E-state index is 14.1. The van der Waals surface area contributed by atoms with Gasteiger partial charge in [0.25, 0.3) is 0 Å². The van der Waals surface area contributed by atoms with E-state index in [1.54, 1.807) is 12.1 Å². The quantitative estimate of drug-likeness (QED) is 0.108. The number of carbonyl (C=O) groups is 4. The molecule has 3 amide bonds. The SMILES string of the molecule is [2H]N[C@@H](Cc1ccc(O)cc1)C(=O)N[C@H](C(=O)NCC(=O)N[C@@H](Cc1ccccc1)C(=O)C1CNCCN1CC=Cc1ccccc1)[C@@H](C)O. The van der Waals surface area contributed by atoms with Crippen LogP contribution in [0.3, 0.4) is 0 Å². The number of benzene rings is 3. The number of aliphatic hydroxyl groups is 1. The predicted octanol–water partition coefficient (Wildman–Crippen LogP) is 0.528. The van der Waals surface area contributed by atoms with Crippen LogP contribution in [0.4, 0.5) is 0 Å². The van der Waals surface area contributed by atoms with E-state index < -0.39 is 54.5 Å². The number of Topliss-reactive ketones (excluding diaryl/α,β-unsaturated/α-hetero) is 1. The number of phenolic OH excluding ortho intramolecular Hbond substituents is 1. The van der Waals surface area contributed by atoms with Crippen LogP contribution in [0.25, 0.3) is 6.08 Å². The molecule has 0 aromatic heterocycles. The van der Waals surface area contributed by atoms with E-state index in [1.807, 2.05) is 72.8 Å². The number of aliphatic hydroxyl groups excluding tert-OH is 1. The molecule has 1 fully saturated rings. The first-order valence-electron chi connectivity index (χ1n) is 16.9. The number of piperazine rings is 1. The van der Waals surface area contributed by atoms with Gasteiger partial charge in [-0.05, 0) is 48.6 Å². The molecule has 0 spiro atoms. The van der Waals surface area contributed by atoms with Gasteiger partial charge in [-0.2, -0.15) is 0 Å². The Hall–Kier alpha value is -4.88. The van der Waals surface area contributed by atoms with Crippen LogP contribution < -0.4 is 27.0 Å². The lowest BCUT2D eigenvalue weighted by Gasteiger charge is -2.36. The summed E-state index contributed by atoms with van der Waals surface area (Å²) in [6, 6.07) is 21.5. The van der Waals surface area contributed by atoms with E-state index in [4.69, 9.17) is 1.41 Å². The number of phenols is 1. The summed E-state index contributed by atoms with van der Waals surface area (Å²) < 4.78 is 7.60. The molecular formula is C37H46N6O6. The first-order chi connectivity index (χ1) is 24.1. The summed E-state index contributed by atoms with van der Waals surface area (Å²) in [5.41, 5.74) is 4.73. The highest BCUT2D eigenvalue weighted by molar-refractivity contribution is 5.95. The number of aromatic hydroxyl groups is 1. The standard InChI is InChI=1S/C37H46N6O6/c1-25(44)34(42-36(48)30(38)21-28-14-16-29(45)17-15-28)37(49)40-24-33(46)41-31(22-27-11-6-3-7-12-27)35(47)32-23-39-18-20-43(32)19-8-13-26-9-4-2-5-10-26/h2-17,25,30-32,34,39,44-45H,18-24,38H2,1H3,(H,40,49)(H,41,46)(H,42,48)/t25-,30+,31+,32?,34+/m1/s1/i/hD. The Bertz CT molecular complexity index is 1570. The van der Waals surface area contributed by atoms with Crippen molar-refractivity contribution in [3.8, 4) is 5.75 Å². The second-order valence-corrected chi connectivity index (χ2v) is 12.1. The van der Waals surface area contributed by atoms with Gasteiger partial charge in [0, 0.05) is 26.2 Å². The number of ketones is 1. The van der Waals surface area contributed by atoms with E-state index in [-0.39, 0.29) is 24.4 Å². The van der Waals surface area contributed by atoms with Gasteiger partial charge in [-0.15, -0.1) is 0 Å². The third-order valence-electron chi connectivity index (χ3n) is 8.27. The van der Waals surface area contributed by atoms with Crippen molar-refractivity contribution >= 4 is 29.6 Å². The first kappa shape index (κ1) is 35.4. The fourth-order valence-electron chi connectivity index (χ4n) is 5.58. The molecule has 0 aliphatic carbocycles. The van der Waals surface area contributed by atoms with Crippen LogP contribution in [-0.2, 0) is 32.0 Å². The normalized spacial score (nSPS) is 17.7. The van der Waals surface area contributed by atoms with Gasteiger partial charge >= 0.3 is 0 Å². The molecule has 1 aliphatic heterocycles. The van der Waals surface area contributed by atoms with Gasteiger partial charge in [0.2, 0.25) is 17.7 Å². The summed E-state index contributed by atoms with van der Waals surface area (Å²) >= 11 is 0. The van der Waals surface area contributed by atoms with E-state index in [1.165, 1.54) is 19.1 Å². The molecule has 4 rings (SSSR count). The second kappa shape index (κ2) is 18.6.